The molecule has 0 bridgehead atoms. The van der Waals surface area contributed by atoms with Gasteiger partial charge in [0.1, 0.15) is 17.3 Å². The molecule has 0 aliphatic rings. The van der Waals surface area contributed by atoms with Gasteiger partial charge in [0, 0.05) is 5.69 Å². The summed E-state index contributed by atoms with van der Waals surface area (Å²) in [6.07, 6.45) is 0. The summed E-state index contributed by atoms with van der Waals surface area (Å²) in [6, 6.07) is 7.22. The quantitative estimate of drug-likeness (QED) is 0.813. The summed E-state index contributed by atoms with van der Waals surface area (Å²) in [4.78, 5) is 23.3. The van der Waals surface area contributed by atoms with Gasteiger partial charge in [-0.3, -0.25) is 9.59 Å². The SMILES string of the molecule is O=C(Nc1ccc(Cl)c(Cl)c1)C(=O)Nc1c(F)cccc1F. The van der Waals surface area contributed by atoms with E-state index >= 15 is 0 Å². The third kappa shape index (κ3) is 3.72. The van der Waals surface area contributed by atoms with Crippen LogP contribution in [-0.2, 0) is 9.59 Å². The molecule has 2 N–H and O–H groups in total. The molecular weight excluding hydrogens is 337 g/mol. The van der Waals surface area contributed by atoms with Crippen LogP contribution in [0.15, 0.2) is 36.4 Å². The van der Waals surface area contributed by atoms with E-state index < -0.39 is 29.1 Å². The lowest BCUT2D eigenvalue weighted by Crippen LogP contribution is -2.29. The number of rotatable bonds is 2. The van der Waals surface area contributed by atoms with Gasteiger partial charge in [-0.1, -0.05) is 29.3 Å². The minimum Gasteiger partial charge on any atom is -0.318 e. The lowest BCUT2D eigenvalue weighted by Gasteiger charge is -2.08. The van der Waals surface area contributed by atoms with Crippen molar-refractivity contribution < 1.29 is 18.4 Å². The molecule has 0 saturated carbocycles. The largest absolute Gasteiger partial charge is 0.318 e. The van der Waals surface area contributed by atoms with Crippen LogP contribution in [0.2, 0.25) is 10.0 Å². The van der Waals surface area contributed by atoms with Gasteiger partial charge < -0.3 is 10.6 Å². The van der Waals surface area contributed by atoms with Crippen molar-refractivity contribution in [2.24, 2.45) is 0 Å². The highest BCUT2D eigenvalue weighted by Crippen LogP contribution is 2.25. The summed E-state index contributed by atoms with van der Waals surface area (Å²) in [6.45, 7) is 0. The maximum absolute atomic E-state index is 13.4. The van der Waals surface area contributed by atoms with Crippen LogP contribution in [-0.4, -0.2) is 11.8 Å². The number of hydrogen-bond donors (Lipinski definition) is 2. The Hall–Kier alpha value is -2.18. The van der Waals surface area contributed by atoms with Crippen molar-refractivity contribution in [1.82, 2.24) is 0 Å². The zero-order valence-electron chi connectivity index (χ0n) is 10.8. The van der Waals surface area contributed by atoms with Crippen molar-refractivity contribution in [2.45, 2.75) is 0 Å². The van der Waals surface area contributed by atoms with Crippen molar-refractivity contribution in [3.05, 3.63) is 58.1 Å². The van der Waals surface area contributed by atoms with Crippen LogP contribution >= 0.6 is 23.2 Å². The second-order valence-corrected chi connectivity index (χ2v) is 4.95. The third-order valence-electron chi connectivity index (χ3n) is 2.58. The summed E-state index contributed by atoms with van der Waals surface area (Å²) in [5.41, 5.74) is -0.486. The van der Waals surface area contributed by atoms with Crippen LogP contribution in [0.3, 0.4) is 0 Å². The molecule has 8 heteroatoms. The molecule has 0 spiro atoms. The summed E-state index contributed by atoms with van der Waals surface area (Å²) in [7, 11) is 0. The van der Waals surface area contributed by atoms with E-state index in [1.165, 1.54) is 18.2 Å². The van der Waals surface area contributed by atoms with Gasteiger partial charge in [0.2, 0.25) is 0 Å². The van der Waals surface area contributed by atoms with E-state index in [9.17, 15) is 18.4 Å². The van der Waals surface area contributed by atoms with E-state index in [0.717, 1.165) is 18.2 Å². The smallest absolute Gasteiger partial charge is 0.314 e. The van der Waals surface area contributed by atoms with Crippen LogP contribution in [0.4, 0.5) is 20.2 Å². The van der Waals surface area contributed by atoms with E-state index in [1.54, 1.807) is 0 Å². The number of para-hydroxylation sites is 1. The summed E-state index contributed by atoms with van der Waals surface area (Å²) in [5, 5.41) is 4.55. The highest BCUT2D eigenvalue weighted by atomic mass is 35.5. The number of carbonyl (C=O) groups excluding carboxylic acids is 2. The average Bonchev–Trinajstić information content (AvgIpc) is 2.46. The van der Waals surface area contributed by atoms with Crippen molar-refractivity contribution in [3.8, 4) is 0 Å². The van der Waals surface area contributed by atoms with Gasteiger partial charge in [0.25, 0.3) is 0 Å². The molecule has 2 aromatic carbocycles. The summed E-state index contributed by atoms with van der Waals surface area (Å²) >= 11 is 11.5. The van der Waals surface area contributed by atoms with Gasteiger partial charge in [-0.2, -0.15) is 0 Å². The highest BCUT2D eigenvalue weighted by Gasteiger charge is 2.18. The highest BCUT2D eigenvalue weighted by molar-refractivity contribution is 6.44. The molecule has 0 unspecified atom stereocenters. The second kappa shape index (κ2) is 6.72. The van der Waals surface area contributed by atoms with E-state index in [-0.39, 0.29) is 15.7 Å². The Bertz CT molecular complexity index is 733. The van der Waals surface area contributed by atoms with Gasteiger partial charge in [0.15, 0.2) is 0 Å². The molecule has 0 aromatic heterocycles. The maximum Gasteiger partial charge on any atom is 0.314 e. The second-order valence-electron chi connectivity index (χ2n) is 4.13. The van der Waals surface area contributed by atoms with Gasteiger partial charge in [-0.15, -0.1) is 0 Å². The zero-order valence-corrected chi connectivity index (χ0v) is 12.3. The van der Waals surface area contributed by atoms with E-state index in [4.69, 9.17) is 23.2 Å². The van der Waals surface area contributed by atoms with E-state index in [0.29, 0.717) is 0 Å². The molecule has 114 valence electrons. The number of halogens is 4. The van der Waals surface area contributed by atoms with Crippen molar-refractivity contribution in [3.63, 3.8) is 0 Å². The molecule has 22 heavy (non-hydrogen) atoms. The first kappa shape index (κ1) is 16.2. The van der Waals surface area contributed by atoms with Crippen molar-refractivity contribution in [2.75, 3.05) is 10.6 Å². The van der Waals surface area contributed by atoms with Gasteiger partial charge in [-0.25, -0.2) is 8.78 Å². The first-order valence-electron chi connectivity index (χ1n) is 5.90. The number of amides is 2. The molecule has 2 aromatic rings. The van der Waals surface area contributed by atoms with E-state index in [2.05, 4.69) is 5.32 Å². The first-order chi connectivity index (χ1) is 10.4. The third-order valence-corrected chi connectivity index (χ3v) is 3.32. The molecule has 0 fully saturated rings. The molecule has 4 nitrogen and oxygen atoms in total. The maximum atomic E-state index is 13.4. The summed E-state index contributed by atoms with van der Waals surface area (Å²) in [5.74, 6) is -4.32. The van der Waals surface area contributed by atoms with Crippen LogP contribution < -0.4 is 10.6 Å². The Labute approximate surface area is 134 Å². The zero-order chi connectivity index (χ0) is 16.3. The lowest BCUT2D eigenvalue weighted by molar-refractivity contribution is -0.133. The molecule has 0 saturated heterocycles. The average molecular weight is 345 g/mol. The lowest BCUT2D eigenvalue weighted by atomic mass is 10.3. The number of benzene rings is 2. The monoisotopic (exact) mass is 344 g/mol. The predicted molar refractivity (Wildman–Crippen MR) is 80.1 cm³/mol. The fourth-order valence-electron chi connectivity index (χ4n) is 1.55. The molecular formula is C14H8Cl2F2N2O2. The first-order valence-corrected chi connectivity index (χ1v) is 6.65. The van der Waals surface area contributed by atoms with Crippen LogP contribution in [0.5, 0.6) is 0 Å². The fourth-order valence-corrected chi connectivity index (χ4v) is 1.85. The standard InChI is InChI=1S/C14H8Cl2F2N2O2/c15-8-5-4-7(6-9(8)16)19-13(21)14(22)20-12-10(17)2-1-3-11(12)18/h1-6H,(H,19,21)(H,20,22). The molecule has 0 radical (unpaired) electrons. The van der Waals surface area contributed by atoms with Crippen LogP contribution in [0.25, 0.3) is 0 Å². The number of nitrogens with one attached hydrogen (secondary N) is 2. The van der Waals surface area contributed by atoms with Crippen LogP contribution in [0, 0.1) is 11.6 Å². The Kier molecular flexibility index (Phi) is 4.95. The molecule has 0 heterocycles. The van der Waals surface area contributed by atoms with Crippen molar-refractivity contribution >= 4 is 46.4 Å². The molecule has 0 aliphatic carbocycles. The van der Waals surface area contributed by atoms with Gasteiger partial charge in [0.05, 0.1) is 10.0 Å². The Morgan fingerprint density at radius 3 is 2.05 bits per heavy atom. The Morgan fingerprint density at radius 1 is 0.864 bits per heavy atom. The predicted octanol–water partition coefficient (Wildman–Crippen LogP) is 3.85. The minimum absolute atomic E-state index is 0.181. The topological polar surface area (TPSA) is 58.2 Å². The Morgan fingerprint density at radius 2 is 1.45 bits per heavy atom. The normalized spacial score (nSPS) is 10.2. The molecule has 2 rings (SSSR count). The van der Waals surface area contributed by atoms with Gasteiger partial charge >= 0.3 is 11.8 Å². The summed E-state index contributed by atoms with van der Waals surface area (Å²) < 4.78 is 26.8. The molecule has 2 amide bonds. The number of hydrogen-bond acceptors (Lipinski definition) is 2. The minimum atomic E-state index is -1.23. The number of anilines is 2. The Balaban J connectivity index is 2.09. The molecule has 0 aliphatic heterocycles. The van der Waals surface area contributed by atoms with Crippen LogP contribution in [0.1, 0.15) is 0 Å². The molecule has 0 atom stereocenters. The van der Waals surface area contributed by atoms with Crippen molar-refractivity contribution in [1.29, 1.82) is 0 Å². The fraction of sp³-hybridized carbons (Fsp3) is 0. The van der Waals surface area contributed by atoms with Gasteiger partial charge in [-0.05, 0) is 30.3 Å². The number of carbonyl (C=O) groups is 2. The van der Waals surface area contributed by atoms with E-state index in [1.807, 2.05) is 5.32 Å².